The summed E-state index contributed by atoms with van der Waals surface area (Å²) >= 11 is 0. The molecule has 4 aromatic rings. The molecule has 7 aliphatic rings. The van der Waals surface area contributed by atoms with Gasteiger partial charge in [-0.25, -0.2) is 0 Å². The first kappa shape index (κ1) is 77.2. The molecule has 0 saturated heterocycles. The number of benzene rings is 4. The van der Waals surface area contributed by atoms with Crippen molar-refractivity contribution in [1.82, 2.24) is 0 Å². The SMILES string of the molecule is CCCCCC1c2cc(c(OC)cc2O)C(CCCCC)c2cc(c(OC)cc2OS(=O)(=O)C[C@]23CC[C@H](CC2=O)C3(C)C)C(CCCCC)c2cc(c(OC)cc2OS(=O)(=O)C[C@]23CC[C@H](CC2=O)C3(C)C)C(CCCCC)c2cc1c(OC)cc2OS(=O)(=O)C[C@]12CC[C@H](CC1=O)C2(C)C. The van der Waals surface area contributed by atoms with Crippen LogP contribution >= 0.6 is 0 Å². The zero-order valence-electron chi connectivity index (χ0n) is 63.2. The average Bonchev–Trinajstić information content (AvgIpc) is 1.55. The zero-order valence-corrected chi connectivity index (χ0v) is 65.6. The molecule has 4 aromatic carbocycles. The van der Waals surface area contributed by atoms with Crippen molar-refractivity contribution in [2.24, 2.45) is 50.2 Å². The first-order chi connectivity index (χ1) is 48.2. The minimum Gasteiger partial charge on any atom is -0.508 e. The van der Waals surface area contributed by atoms with Crippen molar-refractivity contribution in [2.75, 3.05) is 45.7 Å². The van der Waals surface area contributed by atoms with E-state index < -0.39 is 104 Å². The zero-order chi connectivity index (χ0) is 73.9. The molecule has 1 N–H and O–H groups in total. The number of rotatable bonds is 32. The largest absolute Gasteiger partial charge is 0.508 e. The van der Waals surface area contributed by atoms with Crippen LogP contribution in [0.2, 0.25) is 0 Å². The third-order valence-corrected chi connectivity index (χ3v) is 31.0. The van der Waals surface area contributed by atoms with E-state index in [2.05, 4.69) is 27.7 Å². The van der Waals surface area contributed by atoms with E-state index in [9.17, 15) is 19.5 Å². The number of ketones is 3. The molecule has 0 aromatic heterocycles. The second-order valence-corrected chi connectivity index (χ2v) is 37.8. The first-order valence-electron chi connectivity index (χ1n) is 38.2. The lowest BCUT2D eigenvalue weighted by Gasteiger charge is -2.36. The Morgan fingerprint density at radius 3 is 0.814 bits per heavy atom. The molecule has 20 heteroatoms. The maximum Gasteiger partial charge on any atom is 0.310 e. The highest BCUT2D eigenvalue weighted by Gasteiger charge is 2.68. The molecule has 11 rings (SSSR count). The Hall–Kier alpha value is -5.86. The molecule has 14 bridgehead atoms. The summed E-state index contributed by atoms with van der Waals surface area (Å²) in [5.41, 5.74) is -1.30. The maximum atomic E-state index is 15.6. The van der Waals surface area contributed by atoms with Crippen LogP contribution in [0.5, 0.6) is 46.0 Å². The van der Waals surface area contributed by atoms with Crippen LogP contribution in [-0.4, -0.2) is 93.4 Å². The Morgan fingerprint density at radius 2 is 0.588 bits per heavy atom. The van der Waals surface area contributed by atoms with Gasteiger partial charge >= 0.3 is 30.4 Å². The van der Waals surface area contributed by atoms with Crippen molar-refractivity contribution < 1.29 is 76.2 Å². The van der Waals surface area contributed by atoms with Crippen LogP contribution in [0.25, 0.3) is 0 Å². The Morgan fingerprint density at radius 1 is 0.353 bits per heavy atom. The summed E-state index contributed by atoms with van der Waals surface area (Å²) < 4.78 is 139. The van der Waals surface area contributed by atoms with Crippen molar-refractivity contribution in [3.05, 3.63) is 93.0 Å². The van der Waals surface area contributed by atoms with Crippen molar-refractivity contribution in [3.63, 3.8) is 0 Å². The Kier molecular flexibility index (Phi) is 22.3. The second-order valence-electron chi connectivity index (χ2n) is 33.1. The van der Waals surface area contributed by atoms with Crippen LogP contribution < -0.4 is 31.5 Å². The normalized spacial score (nSPS) is 27.3. The maximum absolute atomic E-state index is 15.6. The predicted octanol–water partition coefficient (Wildman–Crippen LogP) is 17.9. The number of Topliss-reactive ketones (excluding diaryl/α,β-unsaturated/α-hetero) is 3. The molecular weight excluding hydrogens is 1350 g/mol. The number of carbonyl (C=O) groups excluding carboxylic acids is 3. The van der Waals surface area contributed by atoms with E-state index in [1.807, 2.05) is 65.8 Å². The van der Waals surface area contributed by atoms with Crippen LogP contribution in [0.1, 0.15) is 298 Å². The lowest BCUT2D eigenvalue weighted by Crippen LogP contribution is -2.43. The molecule has 6 saturated carbocycles. The van der Waals surface area contributed by atoms with E-state index in [4.69, 9.17) is 31.5 Å². The van der Waals surface area contributed by atoms with E-state index in [-0.39, 0.29) is 81.8 Å². The van der Waals surface area contributed by atoms with Gasteiger partial charge in [-0.2, -0.15) is 25.3 Å². The first-order valence-corrected chi connectivity index (χ1v) is 42.9. The summed E-state index contributed by atoms with van der Waals surface area (Å²) in [4.78, 5) is 42.7. The topological polar surface area (TPSA) is 238 Å². The van der Waals surface area contributed by atoms with Crippen molar-refractivity contribution in [2.45, 2.75) is 253 Å². The molecule has 0 heterocycles. The molecule has 17 nitrogen and oxygen atoms in total. The molecular formula is C82H114O17S3. The van der Waals surface area contributed by atoms with Crippen LogP contribution in [0, 0.1) is 50.2 Å². The number of carbonyl (C=O) groups is 3. The predicted molar refractivity (Wildman–Crippen MR) is 397 cm³/mol. The highest BCUT2D eigenvalue weighted by molar-refractivity contribution is 7.87. The van der Waals surface area contributed by atoms with Gasteiger partial charge in [-0.1, -0.05) is 146 Å². The number of methoxy groups -OCH3 is 4. The van der Waals surface area contributed by atoms with E-state index in [0.29, 0.717) is 140 Å². The van der Waals surface area contributed by atoms with Crippen LogP contribution in [-0.2, 0) is 44.7 Å². The molecule has 4 unspecified atom stereocenters. The number of unbranched alkanes of at least 4 members (excludes halogenated alkanes) is 8. The van der Waals surface area contributed by atoms with Gasteiger partial charge in [0, 0.05) is 112 Å². The van der Waals surface area contributed by atoms with Crippen molar-refractivity contribution in [1.29, 1.82) is 0 Å². The van der Waals surface area contributed by atoms with Gasteiger partial charge in [0.1, 0.15) is 63.3 Å². The number of ether oxygens (including phenoxy) is 4. The number of aromatic hydroxyl groups is 1. The highest BCUT2D eigenvalue weighted by atomic mass is 32.2. The molecule has 102 heavy (non-hydrogen) atoms. The summed E-state index contributed by atoms with van der Waals surface area (Å²) in [5, 5.41) is 12.9. The van der Waals surface area contributed by atoms with Crippen LogP contribution in [0.4, 0.5) is 0 Å². The van der Waals surface area contributed by atoms with E-state index >= 15 is 25.3 Å². The fourth-order valence-electron chi connectivity index (χ4n) is 20.5. The Labute approximate surface area is 608 Å². The minimum absolute atomic E-state index is 0.0122. The Bertz CT molecular complexity index is 4100. The molecule has 7 aliphatic carbocycles. The smallest absolute Gasteiger partial charge is 0.310 e. The van der Waals surface area contributed by atoms with Gasteiger partial charge in [0.2, 0.25) is 0 Å². The van der Waals surface area contributed by atoms with Gasteiger partial charge in [-0.05, 0) is 122 Å². The summed E-state index contributed by atoms with van der Waals surface area (Å²) in [6, 6.07) is 14.2. The third-order valence-electron chi connectivity index (χ3n) is 27.2. The number of hydrogen-bond donors (Lipinski definition) is 1. The van der Waals surface area contributed by atoms with E-state index in [1.54, 1.807) is 24.3 Å². The summed E-state index contributed by atoms with van der Waals surface area (Å²) in [6.45, 7) is 20.4. The number of fused-ring (bicyclic) bond motifs is 14. The number of hydrogen-bond acceptors (Lipinski definition) is 17. The van der Waals surface area contributed by atoms with Gasteiger partial charge in [-0.3, -0.25) is 14.4 Å². The van der Waals surface area contributed by atoms with E-state index in [1.165, 1.54) is 28.4 Å². The molecule has 0 spiro atoms. The van der Waals surface area contributed by atoms with Crippen molar-refractivity contribution >= 4 is 47.7 Å². The lowest BCUT2D eigenvalue weighted by molar-refractivity contribution is -0.128. The quantitative estimate of drug-likeness (QED) is 0.0353. The summed E-state index contributed by atoms with van der Waals surface area (Å²) in [7, 11) is -7.84. The van der Waals surface area contributed by atoms with Gasteiger partial charge in [0.05, 0.1) is 61.9 Å². The summed E-state index contributed by atoms with van der Waals surface area (Å²) in [6.07, 6.45) is 14.9. The van der Waals surface area contributed by atoms with Crippen molar-refractivity contribution in [3.8, 4) is 46.0 Å². The highest BCUT2D eigenvalue weighted by Crippen LogP contribution is 2.67. The van der Waals surface area contributed by atoms with Crippen LogP contribution in [0.3, 0.4) is 0 Å². The molecule has 6 fully saturated rings. The van der Waals surface area contributed by atoms with Crippen LogP contribution in [0.15, 0.2) is 48.5 Å². The summed E-state index contributed by atoms with van der Waals surface area (Å²) in [5.74, 6) is -3.98. The molecule has 0 radical (unpaired) electrons. The molecule has 0 amide bonds. The fourth-order valence-corrected chi connectivity index (χ4v) is 25.8. The minimum atomic E-state index is -4.66. The van der Waals surface area contributed by atoms with E-state index in [0.717, 1.165) is 64.2 Å². The number of phenolic OH excluding ortho intramolecular Hbond substituents is 1. The fraction of sp³-hybridized carbons (Fsp3) is 0.671. The monoisotopic (exact) mass is 1470 g/mol. The Balaban J connectivity index is 1.25. The lowest BCUT2D eigenvalue weighted by atomic mass is 9.70. The molecule has 562 valence electrons. The van der Waals surface area contributed by atoms with Gasteiger partial charge in [-0.15, -0.1) is 0 Å². The molecule has 10 atom stereocenters. The number of phenols is 1. The van der Waals surface area contributed by atoms with Gasteiger partial charge in [0.25, 0.3) is 0 Å². The standard InChI is InChI=1S/C82H114O17S3/c1-15-19-23-27-54-58-40-59(67(93-11)44-66(58)83)55(28-24-20-16-2)64-42-61(69(95-13)46-72(64)98-101(89,90)49-81-35-32-52(38-75(81)85)78(81,7)8)57(30-26-22-18-4)65-43-62(70(96-14)47-73(65)99-102(91,92)50-82-36-33-53(39-76(82)86)79(82,9)10)56(29-25-21-17-3)63-41-60(54)68(94-12)45-71(63)97-100(87,88)48-80-34-31-51(37-74(80)84)77(80,5)6/h40-47,51-57,83H,15-39,48-50H2,1-14H3/t51-,52-,53-,54?,55?,56?,57?,80-,81-,82-/m1/s1. The average molecular weight is 1470 g/mol. The second kappa shape index (κ2) is 29.5. The van der Waals surface area contributed by atoms with Gasteiger partial charge in [0.15, 0.2) is 0 Å². The third kappa shape index (κ3) is 13.7. The van der Waals surface area contributed by atoms with Gasteiger partial charge < -0.3 is 36.6 Å². The molecule has 0 aliphatic heterocycles.